The lowest BCUT2D eigenvalue weighted by molar-refractivity contribution is 0.578. The number of rotatable bonds is 5. The van der Waals surface area contributed by atoms with Crippen LogP contribution >= 0.6 is 0 Å². The van der Waals surface area contributed by atoms with E-state index in [0.29, 0.717) is 0 Å². The molecule has 21 heavy (non-hydrogen) atoms. The van der Waals surface area contributed by atoms with E-state index in [9.17, 15) is 4.39 Å². The molecule has 3 heteroatoms. The zero-order valence-corrected chi connectivity index (χ0v) is 12.3. The Bertz CT molecular complexity index is 610. The SMILES string of the molecule is CNCCC(c1ccccc1)c1cc2c(cc1F)NCC2. The van der Waals surface area contributed by atoms with Gasteiger partial charge in [-0.1, -0.05) is 36.4 Å². The second-order valence-electron chi connectivity index (χ2n) is 5.56. The topological polar surface area (TPSA) is 24.1 Å². The highest BCUT2D eigenvalue weighted by Gasteiger charge is 2.21. The molecule has 2 aromatic rings. The largest absolute Gasteiger partial charge is 0.384 e. The van der Waals surface area contributed by atoms with Gasteiger partial charge in [-0.2, -0.15) is 0 Å². The molecular weight excluding hydrogens is 263 g/mol. The Morgan fingerprint density at radius 3 is 2.81 bits per heavy atom. The van der Waals surface area contributed by atoms with E-state index in [2.05, 4.69) is 28.8 Å². The van der Waals surface area contributed by atoms with E-state index >= 15 is 0 Å². The first-order valence-corrected chi connectivity index (χ1v) is 7.55. The molecule has 1 aliphatic heterocycles. The monoisotopic (exact) mass is 284 g/mol. The van der Waals surface area contributed by atoms with Crippen molar-refractivity contribution in [3.63, 3.8) is 0 Å². The van der Waals surface area contributed by atoms with Gasteiger partial charge in [0.1, 0.15) is 5.82 Å². The molecule has 2 N–H and O–H groups in total. The van der Waals surface area contributed by atoms with Gasteiger partial charge < -0.3 is 10.6 Å². The third-order valence-electron chi connectivity index (χ3n) is 4.19. The molecule has 0 saturated heterocycles. The molecule has 110 valence electrons. The summed E-state index contributed by atoms with van der Waals surface area (Å²) in [4.78, 5) is 0. The van der Waals surface area contributed by atoms with Gasteiger partial charge in [-0.25, -0.2) is 4.39 Å². The fourth-order valence-corrected chi connectivity index (χ4v) is 3.08. The second kappa shape index (κ2) is 6.27. The van der Waals surface area contributed by atoms with E-state index in [1.165, 1.54) is 11.1 Å². The van der Waals surface area contributed by atoms with Gasteiger partial charge in [0.15, 0.2) is 0 Å². The Morgan fingerprint density at radius 2 is 2.05 bits per heavy atom. The Hall–Kier alpha value is -1.87. The van der Waals surface area contributed by atoms with E-state index in [4.69, 9.17) is 0 Å². The lowest BCUT2D eigenvalue weighted by atomic mass is 9.87. The fourth-order valence-electron chi connectivity index (χ4n) is 3.08. The smallest absolute Gasteiger partial charge is 0.129 e. The van der Waals surface area contributed by atoms with Gasteiger partial charge >= 0.3 is 0 Å². The summed E-state index contributed by atoms with van der Waals surface area (Å²) in [6.07, 6.45) is 1.87. The number of benzene rings is 2. The van der Waals surface area contributed by atoms with Crippen LogP contribution in [-0.4, -0.2) is 20.1 Å². The maximum Gasteiger partial charge on any atom is 0.129 e. The number of anilines is 1. The first kappa shape index (κ1) is 14.1. The predicted octanol–water partition coefficient (Wildman–Crippen LogP) is 3.54. The van der Waals surface area contributed by atoms with Crippen molar-refractivity contribution < 1.29 is 4.39 Å². The number of fused-ring (bicyclic) bond motifs is 1. The van der Waals surface area contributed by atoms with Crippen molar-refractivity contribution in [1.82, 2.24) is 5.32 Å². The minimum Gasteiger partial charge on any atom is -0.384 e. The maximum absolute atomic E-state index is 14.5. The number of hydrogen-bond acceptors (Lipinski definition) is 2. The minimum absolute atomic E-state index is 0.101. The van der Waals surface area contributed by atoms with Crippen LogP contribution in [0.4, 0.5) is 10.1 Å². The van der Waals surface area contributed by atoms with Gasteiger partial charge in [0, 0.05) is 18.2 Å². The van der Waals surface area contributed by atoms with Crippen molar-refractivity contribution in [2.24, 2.45) is 0 Å². The zero-order valence-electron chi connectivity index (χ0n) is 12.3. The van der Waals surface area contributed by atoms with Crippen molar-refractivity contribution in [1.29, 1.82) is 0 Å². The van der Waals surface area contributed by atoms with Crippen molar-refractivity contribution in [3.05, 3.63) is 65.0 Å². The van der Waals surface area contributed by atoms with E-state index < -0.39 is 0 Å². The summed E-state index contributed by atoms with van der Waals surface area (Å²) in [7, 11) is 1.94. The summed E-state index contributed by atoms with van der Waals surface area (Å²) in [6.45, 7) is 1.78. The minimum atomic E-state index is -0.104. The molecule has 0 amide bonds. The molecule has 0 aromatic heterocycles. The third kappa shape index (κ3) is 2.93. The average Bonchev–Trinajstić information content (AvgIpc) is 2.96. The fraction of sp³-hybridized carbons (Fsp3) is 0.333. The molecule has 0 spiro atoms. The first-order chi connectivity index (χ1) is 10.3. The van der Waals surface area contributed by atoms with Crippen LogP contribution in [0.1, 0.15) is 29.0 Å². The maximum atomic E-state index is 14.5. The van der Waals surface area contributed by atoms with E-state index in [0.717, 1.165) is 37.2 Å². The van der Waals surface area contributed by atoms with Gasteiger partial charge in [0.05, 0.1) is 0 Å². The van der Waals surface area contributed by atoms with Gasteiger partial charge in [0.25, 0.3) is 0 Å². The van der Waals surface area contributed by atoms with Crippen LogP contribution in [0.25, 0.3) is 0 Å². The Morgan fingerprint density at radius 1 is 1.24 bits per heavy atom. The van der Waals surface area contributed by atoms with Gasteiger partial charge in [-0.15, -0.1) is 0 Å². The third-order valence-corrected chi connectivity index (χ3v) is 4.19. The van der Waals surface area contributed by atoms with Crippen LogP contribution in [0.3, 0.4) is 0 Å². The summed E-state index contributed by atoms with van der Waals surface area (Å²) in [6, 6.07) is 13.9. The molecule has 0 fully saturated rings. The van der Waals surface area contributed by atoms with E-state index in [1.54, 1.807) is 6.07 Å². The zero-order chi connectivity index (χ0) is 14.7. The van der Waals surface area contributed by atoms with Crippen LogP contribution in [0, 0.1) is 5.82 Å². The summed E-state index contributed by atoms with van der Waals surface area (Å²) in [5.41, 5.74) is 4.19. The number of nitrogens with one attached hydrogen (secondary N) is 2. The van der Waals surface area contributed by atoms with Crippen molar-refractivity contribution >= 4 is 5.69 Å². The summed E-state index contributed by atoms with van der Waals surface area (Å²) >= 11 is 0. The predicted molar refractivity (Wildman–Crippen MR) is 85.4 cm³/mol. The lowest BCUT2D eigenvalue weighted by Gasteiger charge is -2.20. The highest BCUT2D eigenvalue weighted by atomic mass is 19.1. The normalized spacial score (nSPS) is 14.6. The molecule has 0 radical (unpaired) electrons. The Labute approximate surface area is 125 Å². The van der Waals surface area contributed by atoms with E-state index in [1.807, 2.05) is 25.2 Å². The molecule has 3 rings (SSSR count). The molecule has 2 aromatic carbocycles. The summed E-state index contributed by atoms with van der Waals surface area (Å²) in [5.74, 6) is -0.00217. The second-order valence-corrected chi connectivity index (χ2v) is 5.56. The Balaban J connectivity index is 2.00. The molecule has 1 atom stereocenters. The molecule has 2 nitrogen and oxygen atoms in total. The quantitative estimate of drug-likeness (QED) is 0.877. The molecule has 1 aliphatic rings. The van der Waals surface area contributed by atoms with Crippen molar-refractivity contribution in [2.75, 3.05) is 25.5 Å². The van der Waals surface area contributed by atoms with Crippen LogP contribution < -0.4 is 10.6 Å². The standard InChI is InChI=1S/C18H21FN2/c1-20-9-8-15(13-5-3-2-4-6-13)16-11-14-7-10-21-18(14)12-17(16)19/h2-6,11-12,15,20-21H,7-10H2,1H3. The molecular formula is C18H21FN2. The number of hydrogen-bond donors (Lipinski definition) is 2. The summed E-state index contributed by atoms with van der Waals surface area (Å²) < 4.78 is 14.5. The highest BCUT2D eigenvalue weighted by Crippen LogP contribution is 2.34. The molecule has 1 heterocycles. The van der Waals surface area contributed by atoms with Crippen LogP contribution in [0.2, 0.25) is 0 Å². The van der Waals surface area contributed by atoms with Crippen LogP contribution in [-0.2, 0) is 6.42 Å². The van der Waals surface area contributed by atoms with E-state index in [-0.39, 0.29) is 11.7 Å². The highest BCUT2D eigenvalue weighted by molar-refractivity contribution is 5.58. The van der Waals surface area contributed by atoms with Crippen LogP contribution in [0.5, 0.6) is 0 Å². The van der Waals surface area contributed by atoms with Gasteiger partial charge in [-0.3, -0.25) is 0 Å². The van der Waals surface area contributed by atoms with Gasteiger partial charge in [0.2, 0.25) is 0 Å². The molecule has 0 saturated carbocycles. The van der Waals surface area contributed by atoms with Crippen molar-refractivity contribution in [2.45, 2.75) is 18.8 Å². The Kier molecular flexibility index (Phi) is 4.20. The molecule has 1 unspecified atom stereocenters. The van der Waals surface area contributed by atoms with Gasteiger partial charge in [-0.05, 0) is 49.2 Å². The number of halogens is 1. The first-order valence-electron chi connectivity index (χ1n) is 7.55. The molecule has 0 bridgehead atoms. The molecule has 0 aliphatic carbocycles. The van der Waals surface area contributed by atoms with Crippen LogP contribution in [0.15, 0.2) is 42.5 Å². The lowest BCUT2D eigenvalue weighted by Crippen LogP contribution is -2.14. The average molecular weight is 284 g/mol. The van der Waals surface area contributed by atoms with Crippen molar-refractivity contribution in [3.8, 4) is 0 Å². The summed E-state index contributed by atoms with van der Waals surface area (Å²) in [5, 5.41) is 6.41.